The molecule has 0 aliphatic rings. The van der Waals surface area contributed by atoms with Gasteiger partial charge in [-0.2, -0.15) is 5.10 Å². The summed E-state index contributed by atoms with van der Waals surface area (Å²) in [4.78, 5) is 25.0. The standard InChI is InChI=1S/C21H25ClN4O2/c1-4-5-10-23-19(27)13-26-21(28)20-15(3)25(14(2)18(20)11-24-26)12-16-6-8-17(22)9-7-16/h6-9,11H,4-5,10,12-13H2,1-3H3,(H,23,27). The third kappa shape index (κ3) is 4.12. The van der Waals surface area contributed by atoms with Crippen molar-refractivity contribution in [1.82, 2.24) is 19.7 Å². The molecule has 3 rings (SSSR count). The fourth-order valence-electron chi connectivity index (χ4n) is 3.36. The number of aromatic nitrogens is 3. The summed E-state index contributed by atoms with van der Waals surface area (Å²) in [7, 11) is 0. The van der Waals surface area contributed by atoms with E-state index in [2.05, 4.69) is 21.9 Å². The van der Waals surface area contributed by atoms with Crippen molar-refractivity contribution in [3.8, 4) is 0 Å². The number of halogens is 1. The van der Waals surface area contributed by atoms with Gasteiger partial charge in [-0.3, -0.25) is 9.59 Å². The summed E-state index contributed by atoms with van der Waals surface area (Å²) in [6.45, 7) is 7.15. The topological polar surface area (TPSA) is 68.9 Å². The fourth-order valence-corrected chi connectivity index (χ4v) is 3.49. The van der Waals surface area contributed by atoms with Crippen LogP contribution in [0.2, 0.25) is 5.02 Å². The SMILES string of the molecule is CCCCNC(=O)Cn1ncc2c(C)n(Cc3ccc(Cl)cc3)c(C)c2c1=O. The average Bonchev–Trinajstić information content (AvgIpc) is 2.91. The minimum atomic E-state index is -0.237. The minimum absolute atomic E-state index is 0.0701. The first-order chi connectivity index (χ1) is 13.4. The van der Waals surface area contributed by atoms with Crippen molar-refractivity contribution in [3.63, 3.8) is 0 Å². The molecule has 28 heavy (non-hydrogen) atoms. The number of unbranched alkanes of at least 4 members (excludes halogenated alkanes) is 1. The number of hydrogen-bond acceptors (Lipinski definition) is 3. The van der Waals surface area contributed by atoms with Crippen molar-refractivity contribution < 1.29 is 4.79 Å². The van der Waals surface area contributed by atoms with Crippen molar-refractivity contribution in [2.75, 3.05) is 6.54 Å². The maximum absolute atomic E-state index is 13.0. The molecule has 3 aromatic rings. The van der Waals surface area contributed by atoms with Crippen molar-refractivity contribution in [1.29, 1.82) is 0 Å². The van der Waals surface area contributed by atoms with Gasteiger partial charge in [0, 0.05) is 34.9 Å². The zero-order valence-electron chi connectivity index (χ0n) is 16.5. The summed E-state index contributed by atoms with van der Waals surface area (Å²) < 4.78 is 3.34. The number of fused-ring (bicyclic) bond motifs is 1. The number of nitrogens with zero attached hydrogens (tertiary/aromatic N) is 3. The van der Waals surface area contributed by atoms with Crippen molar-refractivity contribution >= 4 is 28.3 Å². The molecular formula is C21H25ClN4O2. The molecule has 0 bridgehead atoms. The van der Waals surface area contributed by atoms with Gasteiger partial charge in [0.15, 0.2) is 0 Å². The number of nitrogens with one attached hydrogen (secondary N) is 1. The van der Waals surface area contributed by atoms with E-state index in [-0.39, 0.29) is 18.0 Å². The second-order valence-corrected chi connectivity index (χ2v) is 7.42. The maximum Gasteiger partial charge on any atom is 0.276 e. The van der Waals surface area contributed by atoms with E-state index in [0.717, 1.165) is 35.2 Å². The monoisotopic (exact) mass is 400 g/mol. The van der Waals surface area contributed by atoms with Gasteiger partial charge in [-0.05, 0) is 38.0 Å². The van der Waals surface area contributed by atoms with Crippen LogP contribution in [0.4, 0.5) is 0 Å². The van der Waals surface area contributed by atoms with Gasteiger partial charge in [-0.1, -0.05) is 37.1 Å². The molecular weight excluding hydrogens is 376 g/mol. The number of carbonyl (C=O) groups is 1. The van der Waals surface area contributed by atoms with Crippen LogP contribution in [0, 0.1) is 13.8 Å². The number of amides is 1. The Balaban J connectivity index is 1.92. The molecule has 148 valence electrons. The fraction of sp³-hybridized carbons (Fsp3) is 0.381. The van der Waals surface area contributed by atoms with Gasteiger partial charge in [0.05, 0.1) is 11.6 Å². The van der Waals surface area contributed by atoms with Crippen LogP contribution in [0.1, 0.15) is 36.7 Å². The lowest BCUT2D eigenvalue weighted by molar-refractivity contribution is -0.121. The first-order valence-electron chi connectivity index (χ1n) is 9.49. The smallest absolute Gasteiger partial charge is 0.276 e. The molecule has 0 unspecified atom stereocenters. The van der Waals surface area contributed by atoms with Crippen LogP contribution in [0.15, 0.2) is 35.3 Å². The molecule has 1 aromatic carbocycles. The Bertz CT molecular complexity index is 1050. The lowest BCUT2D eigenvalue weighted by atomic mass is 10.2. The number of rotatable bonds is 7. The van der Waals surface area contributed by atoms with Crippen LogP contribution in [-0.4, -0.2) is 26.8 Å². The van der Waals surface area contributed by atoms with E-state index < -0.39 is 0 Å². The van der Waals surface area contributed by atoms with Gasteiger partial charge >= 0.3 is 0 Å². The molecule has 0 fully saturated rings. The Hall–Kier alpha value is -2.60. The summed E-state index contributed by atoms with van der Waals surface area (Å²) in [5.41, 5.74) is 2.71. The van der Waals surface area contributed by atoms with Crippen molar-refractivity contribution in [2.24, 2.45) is 0 Å². The maximum atomic E-state index is 13.0. The molecule has 0 radical (unpaired) electrons. The first kappa shape index (κ1) is 20.1. The zero-order valence-corrected chi connectivity index (χ0v) is 17.2. The van der Waals surface area contributed by atoms with E-state index in [4.69, 9.17) is 11.6 Å². The van der Waals surface area contributed by atoms with Gasteiger partial charge in [-0.15, -0.1) is 0 Å². The summed E-state index contributed by atoms with van der Waals surface area (Å²) in [6, 6.07) is 7.67. The predicted molar refractivity (Wildman–Crippen MR) is 112 cm³/mol. The minimum Gasteiger partial charge on any atom is -0.354 e. The Morgan fingerprint density at radius 2 is 1.89 bits per heavy atom. The predicted octanol–water partition coefficient (Wildman–Crippen LogP) is 3.43. The highest BCUT2D eigenvalue weighted by Crippen LogP contribution is 2.23. The Labute approximate surface area is 169 Å². The highest BCUT2D eigenvalue weighted by atomic mass is 35.5. The summed E-state index contributed by atoms with van der Waals surface area (Å²) in [5.74, 6) is -0.197. The lowest BCUT2D eigenvalue weighted by Crippen LogP contribution is -2.34. The van der Waals surface area contributed by atoms with Crippen LogP contribution in [0.5, 0.6) is 0 Å². The van der Waals surface area contributed by atoms with Crippen LogP contribution in [0.3, 0.4) is 0 Å². The summed E-state index contributed by atoms with van der Waals surface area (Å²) >= 11 is 5.97. The van der Waals surface area contributed by atoms with Crippen LogP contribution >= 0.6 is 11.6 Å². The van der Waals surface area contributed by atoms with E-state index in [0.29, 0.717) is 23.5 Å². The van der Waals surface area contributed by atoms with Gasteiger partial charge < -0.3 is 9.88 Å². The van der Waals surface area contributed by atoms with Gasteiger partial charge in [0.1, 0.15) is 6.54 Å². The normalized spacial score (nSPS) is 11.1. The van der Waals surface area contributed by atoms with Crippen molar-refractivity contribution in [2.45, 2.75) is 46.7 Å². The Morgan fingerprint density at radius 1 is 1.18 bits per heavy atom. The molecule has 0 spiro atoms. The molecule has 0 aliphatic heterocycles. The molecule has 0 atom stereocenters. The molecule has 6 nitrogen and oxygen atoms in total. The molecule has 2 aromatic heterocycles. The molecule has 1 amide bonds. The highest BCUT2D eigenvalue weighted by molar-refractivity contribution is 6.30. The third-order valence-corrected chi connectivity index (χ3v) is 5.26. The largest absolute Gasteiger partial charge is 0.354 e. The van der Waals surface area contributed by atoms with Crippen LogP contribution < -0.4 is 10.9 Å². The van der Waals surface area contributed by atoms with E-state index in [9.17, 15) is 9.59 Å². The van der Waals surface area contributed by atoms with E-state index in [1.165, 1.54) is 4.68 Å². The van der Waals surface area contributed by atoms with E-state index in [1.807, 2.05) is 38.1 Å². The third-order valence-electron chi connectivity index (χ3n) is 5.01. The van der Waals surface area contributed by atoms with Gasteiger partial charge in [0.2, 0.25) is 5.91 Å². The highest BCUT2D eigenvalue weighted by Gasteiger charge is 2.17. The Morgan fingerprint density at radius 3 is 2.57 bits per heavy atom. The first-order valence-corrected chi connectivity index (χ1v) is 9.86. The molecule has 1 N–H and O–H groups in total. The zero-order chi connectivity index (χ0) is 20.3. The average molecular weight is 401 g/mol. The molecule has 0 aliphatic carbocycles. The summed E-state index contributed by atoms with van der Waals surface area (Å²) in [6.07, 6.45) is 3.60. The van der Waals surface area contributed by atoms with Crippen LogP contribution in [-0.2, 0) is 17.9 Å². The van der Waals surface area contributed by atoms with E-state index >= 15 is 0 Å². The van der Waals surface area contributed by atoms with Crippen LogP contribution in [0.25, 0.3) is 10.8 Å². The van der Waals surface area contributed by atoms with Gasteiger partial charge in [-0.25, -0.2) is 4.68 Å². The second-order valence-electron chi connectivity index (χ2n) is 6.98. The lowest BCUT2D eigenvalue weighted by Gasteiger charge is -2.09. The number of hydrogen-bond donors (Lipinski definition) is 1. The molecule has 7 heteroatoms. The molecule has 0 saturated carbocycles. The molecule has 2 heterocycles. The Kier molecular flexibility index (Phi) is 6.19. The number of carbonyl (C=O) groups excluding carboxylic acids is 1. The number of aryl methyl sites for hydroxylation is 2. The van der Waals surface area contributed by atoms with E-state index in [1.54, 1.807) is 6.20 Å². The number of benzene rings is 1. The van der Waals surface area contributed by atoms with Crippen molar-refractivity contribution in [3.05, 3.63) is 62.8 Å². The second kappa shape index (κ2) is 8.61. The molecule has 0 saturated heterocycles. The van der Waals surface area contributed by atoms with Gasteiger partial charge in [0.25, 0.3) is 5.56 Å². The summed E-state index contributed by atoms with van der Waals surface area (Å²) in [5, 5.41) is 9.17. The quantitative estimate of drug-likeness (QED) is 0.618.